The molecule has 8 heteroatoms. The molecule has 2 fully saturated rings. The summed E-state index contributed by atoms with van der Waals surface area (Å²) in [5.41, 5.74) is 0. The van der Waals surface area contributed by atoms with Gasteiger partial charge in [0.05, 0.1) is 23.9 Å². The summed E-state index contributed by atoms with van der Waals surface area (Å²) in [6, 6.07) is 5.76. The minimum absolute atomic E-state index is 0.0317. The van der Waals surface area contributed by atoms with Crippen LogP contribution in [0.2, 0.25) is 0 Å². The van der Waals surface area contributed by atoms with Crippen LogP contribution in [0.5, 0.6) is 11.5 Å². The van der Waals surface area contributed by atoms with Crippen LogP contribution in [0.25, 0.3) is 0 Å². The molecule has 27 heavy (non-hydrogen) atoms. The Balaban J connectivity index is 1.34. The Hall–Kier alpha value is -1.80. The van der Waals surface area contributed by atoms with Crippen LogP contribution < -0.4 is 20.1 Å². The monoisotopic (exact) mass is 394 g/mol. The fraction of sp³-hybridized carbons (Fsp3) is 0.632. The number of piperidine rings is 1. The Labute approximate surface area is 159 Å². The summed E-state index contributed by atoms with van der Waals surface area (Å²) >= 11 is 0. The standard InChI is InChI=1S/C19H26N2O5S/c22-19(21-15-10-13-2-3-14(11-15)20-13)6-9-27(23,24)16-4-5-17-18(12-16)26-8-1-7-25-17/h4-5,12-15,20H,1-3,6-11H2,(H,21,22). The van der Waals surface area contributed by atoms with Crippen molar-refractivity contribution in [1.82, 2.24) is 10.6 Å². The molecule has 3 heterocycles. The van der Waals surface area contributed by atoms with E-state index in [0.29, 0.717) is 36.8 Å². The van der Waals surface area contributed by atoms with Crippen molar-refractivity contribution in [2.24, 2.45) is 0 Å². The van der Waals surface area contributed by atoms with Crippen molar-refractivity contribution in [3.05, 3.63) is 18.2 Å². The number of rotatable bonds is 5. The van der Waals surface area contributed by atoms with Crippen LogP contribution in [0.4, 0.5) is 0 Å². The first-order valence-corrected chi connectivity index (χ1v) is 11.3. The maximum absolute atomic E-state index is 12.6. The molecule has 2 bridgehead atoms. The number of ether oxygens (including phenoxy) is 2. The lowest BCUT2D eigenvalue weighted by Crippen LogP contribution is -2.48. The quantitative estimate of drug-likeness (QED) is 0.784. The van der Waals surface area contributed by atoms with Crippen LogP contribution in [0.3, 0.4) is 0 Å². The molecule has 2 saturated heterocycles. The van der Waals surface area contributed by atoms with Gasteiger partial charge in [-0.1, -0.05) is 0 Å². The van der Waals surface area contributed by atoms with Gasteiger partial charge in [-0.05, 0) is 37.8 Å². The summed E-state index contributed by atoms with van der Waals surface area (Å²) in [7, 11) is -3.56. The second-order valence-corrected chi connectivity index (χ2v) is 9.71. The zero-order valence-electron chi connectivity index (χ0n) is 15.3. The van der Waals surface area contributed by atoms with Crippen molar-refractivity contribution >= 4 is 15.7 Å². The lowest BCUT2D eigenvalue weighted by atomic mass is 10.00. The largest absolute Gasteiger partial charge is 0.490 e. The molecule has 1 aromatic carbocycles. The van der Waals surface area contributed by atoms with E-state index in [9.17, 15) is 13.2 Å². The minimum atomic E-state index is -3.56. The molecule has 7 nitrogen and oxygen atoms in total. The Kier molecular flexibility index (Phi) is 5.27. The second kappa shape index (κ2) is 7.67. The first-order chi connectivity index (χ1) is 13.0. The Morgan fingerprint density at radius 3 is 2.56 bits per heavy atom. The Morgan fingerprint density at radius 1 is 1.11 bits per heavy atom. The molecule has 0 aliphatic carbocycles. The van der Waals surface area contributed by atoms with E-state index in [4.69, 9.17) is 9.47 Å². The molecule has 4 rings (SSSR count). The van der Waals surface area contributed by atoms with Gasteiger partial charge in [0, 0.05) is 37.0 Å². The highest BCUT2D eigenvalue weighted by molar-refractivity contribution is 7.91. The van der Waals surface area contributed by atoms with Crippen LogP contribution >= 0.6 is 0 Å². The SMILES string of the molecule is O=C(CCS(=O)(=O)c1ccc2c(c1)OCCCO2)NC1CC2CCC(C1)N2. The normalized spacial score (nSPS) is 27.0. The van der Waals surface area contributed by atoms with E-state index < -0.39 is 9.84 Å². The second-order valence-electron chi connectivity index (χ2n) is 7.60. The van der Waals surface area contributed by atoms with Crippen LogP contribution in [0, 0.1) is 0 Å². The molecule has 2 N–H and O–H groups in total. The van der Waals surface area contributed by atoms with Gasteiger partial charge in [-0.2, -0.15) is 0 Å². The molecule has 3 aliphatic heterocycles. The highest BCUT2D eigenvalue weighted by Gasteiger charge is 2.34. The topological polar surface area (TPSA) is 93.7 Å². The first-order valence-electron chi connectivity index (χ1n) is 9.67. The Morgan fingerprint density at radius 2 is 1.81 bits per heavy atom. The fourth-order valence-electron chi connectivity index (χ4n) is 4.16. The third-order valence-electron chi connectivity index (χ3n) is 5.51. The van der Waals surface area contributed by atoms with Crippen LogP contribution in [-0.4, -0.2) is 51.4 Å². The average molecular weight is 394 g/mol. The molecule has 1 amide bonds. The number of carbonyl (C=O) groups excluding carboxylic acids is 1. The van der Waals surface area contributed by atoms with Crippen molar-refractivity contribution in [1.29, 1.82) is 0 Å². The average Bonchev–Trinajstić information content (AvgIpc) is 2.84. The number of amides is 1. The van der Waals surface area contributed by atoms with Gasteiger partial charge in [0.15, 0.2) is 21.3 Å². The Bertz CT molecular complexity index is 798. The zero-order chi connectivity index (χ0) is 18.9. The molecule has 1 aromatic rings. The van der Waals surface area contributed by atoms with Gasteiger partial charge in [-0.3, -0.25) is 4.79 Å². The van der Waals surface area contributed by atoms with E-state index in [1.165, 1.54) is 12.1 Å². The summed E-state index contributed by atoms with van der Waals surface area (Å²) < 4.78 is 36.4. The molecule has 148 valence electrons. The highest BCUT2D eigenvalue weighted by Crippen LogP contribution is 2.32. The third-order valence-corrected chi connectivity index (χ3v) is 7.23. The van der Waals surface area contributed by atoms with Crippen LogP contribution in [0.15, 0.2) is 23.1 Å². The van der Waals surface area contributed by atoms with Crippen LogP contribution in [0.1, 0.15) is 38.5 Å². The number of fused-ring (bicyclic) bond motifs is 3. The molecule has 0 spiro atoms. The van der Waals surface area contributed by atoms with Gasteiger partial charge in [0.2, 0.25) is 5.91 Å². The zero-order valence-corrected chi connectivity index (χ0v) is 16.1. The van der Waals surface area contributed by atoms with E-state index in [2.05, 4.69) is 10.6 Å². The van der Waals surface area contributed by atoms with Gasteiger partial charge >= 0.3 is 0 Å². The number of hydrogen-bond donors (Lipinski definition) is 2. The number of nitrogens with one attached hydrogen (secondary N) is 2. The number of benzene rings is 1. The third kappa shape index (κ3) is 4.38. The molecule has 3 aliphatic rings. The molecule has 0 aromatic heterocycles. The lowest BCUT2D eigenvalue weighted by Gasteiger charge is -2.29. The van der Waals surface area contributed by atoms with E-state index in [0.717, 1.165) is 32.1 Å². The number of hydrogen-bond acceptors (Lipinski definition) is 6. The summed E-state index contributed by atoms with van der Waals surface area (Å²) in [6.07, 6.45) is 4.91. The van der Waals surface area contributed by atoms with E-state index in [-0.39, 0.29) is 29.0 Å². The summed E-state index contributed by atoms with van der Waals surface area (Å²) in [5, 5.41) is 6.55. The minimum Gasteiger partial charge on any atom is -0.490 e. The molecule has 0 saturated carbocycles. The first kappa shape index (κ1) is 18.6. The molecule has 2 atom stereocenters. The van der Waals surface area contributed by atoms with Crippen LogP contribution in [-0.2, 0) is 14.6 Å². The maximum Gasteiger partial charge on any atom is 0.221 e. The van der Waals surface area contributed by atoms with Gasteiger partial charge < -0.3 is 20.1 Å². The number of sulfone groups is 1. The maximum atomic E-state index is 12.6. The number of carbonyl (C=O) groups is 1. The fourth-order valence-corrected chi connectivity index (χ4v) is 5.41. The van der Waals surface area contributed by atoms with E-state index >= 15 is 0 Å². The van der Waals surface area contributed by atoms with Crippen molar-refractivity contribution in [3.8, 4) is 11.5 Å². The van der Waals surface area contributed by atoms with Gasteiger partial charge in [-0.15, -0.1) is 0 Å². The summed E-state index contributed by atoms with van der Waals surface area (Å²) in [4.78, 5) is 12.4. The van der Waals surface area contributed by atoms with Crippen molar-refractivity contribution < 1.29 is 22.7 Å². The molecule has 0 radical (unpaired) electrons. The van der Waals surface area contributed by atoms with Crippen molar-refractivity contribution in [2.75, 3.05) is 19.0 Å². The smallest absolute Gasteiger partial charge is 0.221 e. The van der Waals surface area contributed by atoms with E-state index in [1.807, 2.05) is 0 Å². The van der Waals surface area contributed by atoms with Gasteiger partial charge in [-0.25, -0.2) is 8.42 Å². The van der Waals surface area contributed by atoms with Gasteiger partial charge in [0.25, 0.3) is 0 Å². The summed E-state index contributed by atoms with van der Waals surface area (Å²) in [6.45, 7) is 1.05. The molecular weight excluding hydrogens is 368 g/mol. The molecular formula is C19H26N2O5S. The van der Waals surface area contributed by atoms with E-state index in [1.54, 1.807) is 6.07 Å². The van der Waals surface area contributed by atoms with Gasteiger partial charge in [0.1, 0.15) is 0 Å². The van der Waals surface area contributed by atoms with Crippen molar-refractivity contribution in [3.63, 3.8) is 0 Å². The predicted octanol–water partition coefficient (Wildman–Crippen LogP) is 1.41. The highest BCUT2D eigenvalue weighted by atomic mass is 32.2. The predicted molar refractivity (Wildman–Crippen MR) is 99.8 cm³/mol. The summed E-state index contributed by atoms with van der Waals surface area (Å²) in [5.74, 6) is 0.600. The van der Waals surface area contributed by atoms with Crippen molar-refractivity contribution in [2.45, 2.75) is 61.5 Å². The lowest BCUT2D eigenvalue weighted by molar-refractivity contribution is -0.121. The molecule has 2 unspecified atom stereocenters.